The Kier molecular flexibility index (Phi) is 3.85. The van der Waals surface area contributed by atoms with Crippen LogP contribution in [0.1, 0.15) is 39.5 Å². The van der Waals surface area contributed by atoms with Crippen molar-refractivity contribution in [1.29, 1.82) is 0 Å². The standard InChI is InChI=1S/C14H23NO4/c1-14(2,6-13(18)19)5-12(17)15-7-9-3-4-11(16)10(9)8-15/h9-11,16H,3-8H2,1-2H3,(H,18,19). The highest BCUT2D eigenvalue weighted by Crippen LogP contribution is 2.39. The summed E-state index contributed by atoms with van der Waals surface area (Å²) in [5.74, 6) is -0.188. The number of fused-ring (bicyclic) bond motifs is 1. The average Bonchev–Trinajstić information content (AvgIpc) is 2.78. The lowest BCUT2D eigenvalue weighted by atomic mass is 9.85. The van der Waals surface area contributed by atoms with Crippen LogP contribution < -0.4 is 0 Å². The predicted molar refractivity (Wildman–Crippen MR) is 69.5 cm³/mol. The Morgan fingerprint density at radius 2 is 1.89 bits per heavy atom. The molecule has 5 nitrogen and oxygen atoms in total. The Hall–Kier alpha value is -1.10. The number of rotatable bonds is 4. The molecule has 3 atom stereocenters. The lowest BCUT2D eigenvalue weighted by Gasteiger charge is -2.26. The summed E-state index contributed by atoms with van der Waals surface area (Å²) in [6.45, 7) is 4.98. The van der Waals surface area contributed by atoms with Crippen LogP contribution in [0.2, 0.25) is 0 Å². The van der Waals surface area contributed by atoms with Crippen LogP contribution in [0.5, 0.6) is 0 Å². The van der Waals surface area contributed by atoms with Crippen LogP contribution in [-0.4, -0.2) is 46.2 Å². The quantitative estimate of drug-likeness (QED) is 0.801. The number of carbonyl (C=O) groups is 2. The summed E-state index contributed by atoms with van der Waals surface area (Å²) in [5.41, 5.74) is -0.515. The van der Waals surface area contributed by atoms with E-state index in [1.807, 2.05) is 13.8 Å². The van der Waals surface area contributed by atoms with E-state index >= 15 is 0 Å². The van der Waals surface area contributed by atoms with Gasteiger partial charge in [-0.05, 0) is 24.2 Å². The monoisotopic (exact) mass is 269 g/mol. The zero-order chi connectivity index (χ0) is 14.2. The highest BCUT2D eigenvalue weighted by Gasteiger charge is 2.43. The van der Waals surface area contributed by atoms with Crippen LogP contribution in [-0.2, 0) is 9.59 Å². The van der Waals surface area contributed by atoms with Crippen LogP contribution in [0.25, 0.3) is 0 Å². The number of hydrogen-bond acceptors (Lipinski definition) is 3. The molecule has 2 fully saturated rings. The molecule has 0 spiro atoms. The lowest BCUT2D eigenvalue weighted by molar-refractivity contribution is -0.140. The molecule has 19 heavy (non-hydrogen) atoms. The molecule has 0 radical (unpaired) electrons. The van der Waals surface area contributed by atoms with Crippen molar-refractivity contribution >= 4 is 11.9 Å². The molecule has 108 valence electrons. The van der Waals surface area contributed by atoms with Gasteiger partial charge in [0.25, 0.3) is 0 Å². The highest BCUT2D eigenvalue weighted by molar-refractivity contribution is 5.78. The van der Waals surface area contributed by atoms with Crippen molar-refractivity contribution in [3.05, 3.63) is 0 Å². The van der Waals surface area contributed by atoms with Crippen molar-refractivity contribution in [2.24, 2.45) is 17.3 Å². The predicted octanol–water partition coefficient (Wildman–Crippen LogP) is 1.11. The Bertz CT molecular complexity index is 380. The second-order valence-electron chi connectivity index (χ2n) is 6.78. The van der Waals surface area contributed by atoms with Gasteiger partial charge in [-0.2, -0.15) is 0 Å². The van der Waals surface area contributed by atoms with E-state index < -0.39 is 11.4 Å². The smallest absolute Gasteiger partial charge is 0.303 e. The number of aliphatic hydroxyl groups is 1. The van der Waals surface area contributed by atoms with Gasteiger partial charge in [0.15, 0.2) is 0 Å². The fraction of sp³-hybridized carbons (Fsp3) is 0.857. The molecule has 1 aliphatic carbocycles. The molecular formula is C14H23NO4. The van der Waals surface area contributed by atoms with Gasteiger partial charge in [-0.1, -0.05) is 13.8 Å². The molecule has 5 heteroatoms. The summed E-state index contributed by atoms with van der Waals surface area (Å²) in [6.07, 6.45) is 1.84. The van der Waals surface area contributed by atoms with Crippen molar-refractivity contribution in [2.45, 2.75) is 45.6 Å². The van der Waals surface area contributed by atoms with E-state index in [-0.39, 0.29) is 30.8 Å². The molecule has 1 saturated carbocycles. The number of aliphatic carboxylic acids is 1. The van der Waals surface area contributed by atoms with Gasteiger partial charge in [-0.15, -0.1) is 0 Å². The van der Waals surface area contributed by atoms with E-state index in [0.29, 0.717) is 12.5 Å². The van der Waals surface area contributed by atoms with Gasteiger partial charge in [0.05, 0.1) is 12.5 Å². The summed E-state index contributed by atoms with van der Waals surface area (Å²) in [7, 11) is 0. The van der Waals surface area contributed by atoms with Gasteiger partial charge in [0, 0.05) is 25.4 Å². The molecule has 1 aliphatic heterocycles. The van der Waals surface area contributed by atoms with Gasteiger partial charge in [0.2, 0.25) is 5.91 Å². The molecule has 2 N–H and O–H groups in total. The first-order valence-corrected chi connectivity index (χ1v) is 6.96. The van der Waals surface area contributed by atoms with Crippen molar-refractivity contribution in [3.63, 3.8) is 0 Å². The number of likely N-dealkylation sites (tertiary alicyclic amines) is 1. The molecule has 0 aromatic carbocycles. The average molecular weight is 269 g/mol. The van der Waals surface area contributed by atoms with E-state index in [1.165, 1.54) is 0 Å². The maximum Gasteiger partial charge on any atom is 0.303 e. The number of nitrogens with zero attached hydrogens (tertiary/aromatic N) is 1. The van der Waals surface area contributed by atoms with Crippen molar-refractivity contribution in [2.75, 3.05) is 13.1 Å². The van der Waals surface area contributed by atoms with Crippen molar-refractivity contribution in [3.8, 4) is 0 Å². The maximum atomic E-state index is 12.2. The third kappa shape index (κ3) is 3.26. The minimum atomic E-state index is -0.869. The number of carbonyl (C=O) groups excluding carboxylic acids is 1. The van der Waals surface area contributed by atoms with E-state index in [0.717, 1.165) is 19.4 Å². The number of hydrogen-bond donors (Lipinski definition) is 2. The highest BCUT2D eigenvalue weighted by atomic mass is 16.4. The second-order valence-corrected chi connectivity index (χ2v) is 6.78. The fourth-order valence-electron chi connectivity index (χ4n) is 3.43. The van der Waals surface area contributed by atoms with Crippen molar-refractivity contribution in [1.82, 2.24) is 4.90 Å². The first-order chi connectivity index (χ1) is 8.78. The zero-order valence-electron chi connectivity index (χ0n) is 11.6. The minimum Gasteiger partial charge on any atom is -0.481 e. The maximum absolute atomic E-state index is 12.2. The Morgan fingerprint density at radius 3 is 2.47 bits per heavy atom. The fourth-order valence-corrected chi connectivity index (χ4v) is 3.43. The normalized spacial score (nSPS) is 30.5. The Morgan fingerprint density at radius 1 is 1.21 bits per heavy atom. The SMILES string of the molecule is CC(C)(CC(=O)O)CC(=O)N1CC2CCC(O)C2C1. The van der Waals surface area contributed by atoms with Gasteiger partial charge >= 0.3 is 5.97 Å². The number of amides is 1. The van der Waals surface area contributed by atoms with E-state index in [2.05, 4.69) is 0 Å². The van der Waals surface area contributed by atoms with Gasteiger partial charge in [-0.25, -0.2) is 0 Å². The van der Waals surface area contributed by atoms with Crippen LogP contribution >= 0.6 is 0 Å². The van der Waals surface area contributed by atoms with E-state index in [4.69, 9.17) is 5.11 Å². The van der Waals surface area contributed by atoms with Gasteiger partial charge < -0.3 is 15.1 Å². The topological polar surface area (TPSA) is 77.8 Å². The van der Waals surface area contributed by atoms with Gasteiger partial charge in [0.1, 0.15) is 0 Å². The molecule has 2 rings (SSSR count). The molecular weight excluding hydrogens is 246 g/mol. The largest absolute Gasteiger partial charge is 0.481 e. The molecule has 1 heterocycles. The molecule has 1 amide bonds. The first-order valence-electron chi connectivity index (χ1n) is 6.96. The molecule has 0 aromatic rings. The summed E-state index contributed by atoms with van der Waals surface area (Å²) in [5, 5.41) is 18.7. The summed E-state index contributed by atoms with van der Waals surface area (Å²) in [4.78, 5) is 24.8. The summed E-state index contributed by atoms with van der Waals surface area (Å²) < 4.78 is 0. The Labute approximate surface area is 113 Å². The second kappa shape index (κ2) is 5.12. The van der Waals surface area contributed by atoms with Crippen molar-refractivity contribution < 1.29 is 19.8 Å². The zero-order valence-corrected chi connectivity index (χ0v) is 11.6. The van der Waals surface area contributed by atoms with Crippen LogP contribution in [0.3, 0.4) is 0 Å². The van der Waals surface area contributed by atoms with Crippen LogP contribution in [0.15, 0.2) is 0 Å². The number of carboxylic acid groups (broad SMARTS) is 1. The van der Waals surface area contributed by atoms with E-state index in [9.17, 15) is 14.7 Å². The third-order valence-electron chi connectivity index (χ3n) is 4.43. The number of aliphatic hydroxyl groups excluding tert-OH is 1. The summed E-state index contributed by atoms with van der Waals surface area (Å²) in [6, 6.07) is 0. The lowest BCUT2D eigenvalue weighted by Crippen LogP contribution is -2.34. The first kappa shape index (κ1) is 14.3. The van der Waals surface area contributed by atoms with E-state index in [1.54, 1.807) is 4.90 Å². The third-order valence-corrected chi connectivity index (χ3v) is 4.43. The van der Waals surface area contributed by atoms with Crippen LogP contribution in [0, 0.1) is 17.3 Å². The molecule has 0 aromatic heterocycles. The Balaban J connectivity index is 1.90. The van der Waals surface area contributed by atoms with Crippen LogP contribution in [0.4, 0.5) is 0 Å². The molecule has 3 unspecified atom stereocenters. The number of carboxylic acids is 1. The van der Waals surface area contributed by atoms with Gasteiger partial charge in [-0.3, -0.25) is 9.59 Å². The molecule has 1 saturated heterocycles. The summed E-state index contributed by atoms with van der Waals surface area (Å²) >= 11 is 0. The molecule has 0 bridgehead atoms. The molecule has 2 aliphatic rings. The minimum absolute atomic E-state index is 0.00205.